The highest BCUT2D eigenvalue weighted by molar-refractivity contribution is 5.96. The molecule has 2 aromatic rings. The first kappa shape index (κ1) is 16.8. The zero-order valence-corrected chi connectivity index (χ0v) is 14.8. The van der Waals surface area contributed by atoms with E-state index in [1.165, 1.54) is 0 Å². The van der Waals surface area contributed by atoms with Crippen molar-refractivity contribution >= 4 is 5.91 Å². The SMILES string of the molecule is Cc1cc(-n2c(C)cc(C(=O)N3CCCC(C)(CO)C3)c2C)no1. The molecule has 0 radical (unpaired) electrons. The first-order chi connectivity index (χ1) is 11.3. The smallest absolute Gasteiger partial charge is 0.255 e. The molecule has 1 aliphatic rings. The van der Waals surface area contributed by atoms with Crippen molar-refractivity contribution in [1.29, 1.82) is 0 Å². The summed E-state index contributed by atoms with van der Waals surface area (Å²) >= 11 is 0. The van der Waals surface area contributed by atoms with Crippen molar-refractivity contribution in [2.45, 2.75) is 40.5 Å². The van der Waals surface area contributed by atoms with Crippen molar-refractivity contribution in [3.05, 3.63) is 34.8 Å². The van der Waals surface area contributed by atoms with Gasteiger partial charge in [-0.2, -0.15) is 0 Å². The van der Waals surface area contributed by atoms with Crippen LogP contribution in [0.3, 0.4) is 0 Å². The van der Waals surface area contributed by atoms with Crippen LogP contribution in [0.15, 0.2) is 16.7 Å². The quantitative estimate of drug-likeness (QED) is 0.938. The van der Waals surface area contributed by atoms with Gasteiger partial charge in [-0.05, 0) is 39.7 Å². The van der Waals surface area contributed by atoms with E-state index >= 15 is 0 Å². The number of hydrogen-bond donors (Lipinski definition) is 1. The van der Waals surface area contributed by atoms with E-state index in [2.05, 4.69) is 5.16 Å². The Morgan fingerprint density at radius 3 is 2.75 bits per heavy atom. The Labute approximate surface area is 142 Å². The number of hydrogen-bond acceptors (Lipinski definition) is 4. The molecule has 1 atom stereocenters. The maximum atomic E-state index is 13.0. The van der Waals surface area contributed by atoms with Crippen LogP contribution >= 0.6 is 0 Å². The number of carbonyl (C=O) groups is 1. The molecule has 24 heavy (non-hydrogen) atoms. The van der Waals surface area contributed by atoms with E-state index in [1.54, 1.807) is 0 Å². The van der Waals surface area contributed by atoms with Crippen LogP contribution in [0.25, 0.3) is 5.82 Å². The van der Waals surface area contributed by atoms with Crippen molar-refractivity contribution in [2.75, 3.05) is 19.7 Å². The maximum absolute atomic E-state index is 13.0. The van der Waals surface area contributed by atoms with Gasteiger partial charge in [-0.3, -0.25) is 9.36 Å². The number of rotatable bonds is 3. The Kier molecular flexibility index (Phi) is 4.25. The fourth-order valence-electron chi connectivity index (χ4n) is 3.58. The summed E-state index contributed by atoms with van der Waals surface area (Å²) in [7, 11) is 0. The zero-order valence-electron chi connectivity index (χ0n) is 14.8. The minimum atomic E-state index is -0.206. The van der Waals surface area contributed by atoms with Crippen LogP contribution in [0.2, 0.25) is 0 Å². The molecular weight excluding hydrogens is 306 g/mol. The number of amides is 1. The first-order valence-corrected chi connectivity index (χ1v) is 8.37. The van der Waals surface area contributed by atoms with Crippen LogP contribution in [-0.2, 0) is 0 Å². The summed E-state index contributed by atoms with van der Waals surface area (Å²) in [6.07, 6.45) is 1.87. The number of aryl methyl sites for hydroxylation is 2. The van der Waals surface area contributed by atoms with Crippen molar-refractivity contribution in [3.63, 3.8) is 0 Å². The lowest BCUT2D eigenvalue weighted by molar-refractivity contribution is 0.0357. The molecule has 1 unspecified atom stereocenters. The van der Waals surface area contributed by atoms with E-state index in [1.807, 2.05) is 49.3 Å². The molecule has 3 rings (SSSR count). The topological polar surface area (TPSA) is 71.5 Å². The Morgan fingerprint density at radius 2 is 2.12 bits per heavy atom. The van der Waals surface area contributed by atoms with Crippen molar-refractivity contribution in [2.24, 2.45) is 5.41 Å². The van der Waals surface area contributed by atoms with Gasteiger partial charge in [0.05, 0.1) is 12.2 Å². The Bertz CT molecular complexity index is 762. The highest BCUT2D eigenvalue weighted by Crippen LogP contribution is 2.30. The van der Waals surface area contributed by atoms with E-state index in [0.717, 1.165) is 36.5 Å². The summed E-state index contributed by atoms with van der Waals surface area (Å²) in [4.78, 5) is 14.9. The molecule has 0 spiro atoms. The van der Waals surface area contributed by atoms with E-state index in [0.29, 0.717) is 17.9 Å². The summed E-state index contributed by atoms with van der Waals surface area (Å²) in [6.45, 7) is 9.21. The molecule has 1 N–H and O–H groups in total. The molecule has 6 heteroatoms. The highest BCUT2D eigenvalue weighted by atomic mass is 16.5. The average Bonchev–Trinajstić information content (AvgIpc) is 3.09. The van der Waals surface area contributed by atoms with Gasteiger partial charge in [-0.25, -0.2) is 0 Å². The fraction of sp³-hybridized carbons (Fsp3) is 0.556. The largest absolute Gasteiger partial charge is 0.396 e. The molecule has 0 aliphatic carbocycles. The molecule has 0 saturated carbocycles. The van der Waals surface area contributed by atoms with E-state index in [9.17, 15) is 9.90 Å². The second-order valence-electron chi connectivity index (χ2n) is 7.22. The molecule has 3 heterocycles. The molecule has 1 saturated heterocycles. The number of aliphatic hydroxyl groups excluding tert-OH is 1. The van der Waals surface area contributed by atoms with Crippen LogP contribution in [-0.4, -0.2) is 45.3 Å². The van der Waals surface area contributed by atoms with Gasteiger partial charge in [-0.1, -0.05) is 12.1 Å². The van der Waals surface area contributed by atoms with Gasteiger partial charge in [-0.15, -0.1) is 0 Å². The van der Waals surface area contributed by atoms with Gasteiger partial charge < -0.3 is 14.5 Å². The van der Waals surface area contributed by atoms with Crippen LogP contribution in [0.5, 0.6) is 0 Å². The van der Waals surface area contributed by atoms with Gasteiger partial charge in [0.15, 0.2) is 5.82 Å². The highest BCUT2D eigenvalue weighted by Gasteiger charge is 2.34. The summed E-state index contributed by atoms with van der Waals surface area (Å²) < 4.78 is 7.11. The minimum absolute atomic E-state index is 0.0222. The Hall–Kier alpha value is -2.08. The van der Waals surface area contributed by atoms with Crippen molar-refractivity contribution in [1.82, 2.24) is 14.6 Å². The number of likely N-dealkylation sites (tertiary alicyclic amines) is 1. The van der Waals surface area contributed by atoms with E-state index < -0.39 is 0 Å². The number of carbonyl (C=O) groups excluding carboxylic acids is 1. The van der Waals surface area contributed by atoms with E-state index in [4.69, 9.17) is 4.52 Å². The number of aromatic nitrogens is 2. The summed E-state index contributed by atoms with van der Waals surface area (Å²) in [6, 6.07) is 3.77. The van der Waals surface area contributed by atoms with Gasteiger partial charge in [0.25, 0.3) is 5.91 Å². The fourth-order valence-corrected chi connectivity index (χ4v) is 3.58. The van der Waals surface area contributed by atoms with Crippen LogP contribution in [0, 0.1) is 26.2 Å². The zero-order chi connectivity index (χ0) is 17.5. The van der Waals surface area contributed by atoms with E-state index in [-0.39, 0.29) is 17.9 Å². The normalized spacial score (nSPS) is 21.3. The molecule has 2 aromatic heterocycles. The Morgan fingerprint density at radius 1 is 1.38 bits per heavy atom. The summed E-state index contributed by atoms with van der Waals surface area (Å²) in [5.74, 6) is 1.45. The number of nitrogens with zero attached hydrogens (tertiary/aromatic N) is 3. The monoisotopic (exact) mass is 331 g/mol. The third-order valence-corrected chi connectivity index (χ3v) is 4.96. The van der Waals surface area contributed by atoms with Crippen LogP contribution in [0.4, 0.5) is 0 Å². The van der Waals surface area contributed by atoms with Crippen LogP contribution in [0.1, 0.15) is 47.3 Å². The Balaban J connectivity index is 1.91. The lowest BCUT2D eigenvalue weighted by atomic mass is 9.82. The predicted octanol–water partition coefficient (Wildman–Crippen LogP) is 2.63. The molecular formula is C18H25N3O3. The predicted molar refractivity (Wildman–Crippen MR) is 90.4 cm³/mol. The van der Waals surface area contributed by atoms with Crippen LogP contribution < -0.4 is 0 Å². The van der Waals surface area contributed by atoms with Gasteiger partial charge in [0.2, 0.25) is 0 Å². The lowest BCUT2D eigenvalue weighted by Crippen LogP contribution is -2.46. The molecule has 0 aromatic carbocycles. The molecule has 0 bridgehead atoms. The molecule has 1 amide bonds. The maximum Gasteiger partial charge on any atom is 0.255 e. The number of piperidine rings is 1. The third-order valence-electron chi connectivity index (χ3n) is 4.96. The average molecular weight is 331 g/mol. The second-order valence-corrected chi connectivity index (χ2v) is 7.22. The molecule has 1 fully saturated rings. The van der Waals surface area contributed by atoms with Crippen molar-refractivity contribution in [3.8, 4) is 5.82 Å². The van der Waals surface area contributed by atoms with Gasteiger partial charge in [0.1, 0.15) is 5.76 Å². The summed E-state index contributed by atoms with van der Waals surface area (Å²) in [5.41, 5.74) is 2.30. The molecule has 130 valence electrons. The number of aliphatic hydroxyl groups is 1. The minimum Gasteiger partial charge on any atom is -0.396 e. The van der Waals surface area contributed by atoms with Crippen molar-refractivity contribution < 1.29 is 14.4 Å². The molecule has 6 nitrogen and oxygen atoms in total. The first-order valence-electron chi connectivity index (χ1n) is 8.37. The third kappa shape index (κ3) is 2.86. The summed E-state index contributed by atoms with van der Waals surface area (Å²) in [5, 5.41) is 13.7. The van der Waals surface area contributed by atoms with Gasteiger partial charge in [0, 0.05) is 36.0 Å². The lowest BCUT2D eigenvalue weighted by Gasteiger charge is -2.39. The van der Waals surface area contributed by atoms with Gasteiger partial charge >= 0.3 is 0 Å². The second kappa shape index (κ2) is 6.09. The standard InChI is InChI=1S/C18H25N3O3/c1-12-8-15(14(3)21(12)16-9-13(2)24-19-16)17(23)20-7-5-6-18(4,10-20)11-22/h8-9,22H,5-7,10-11H2,1-4H3. The molecule has 1 aliphatic heterocycles.